The predicted octanol–water partition coefficient (Wildman–Crippen LogP) is 2.66. The van der Waals surface area contributed by atoms with Gasteiger partial charge in [-0.05, 0) is 6.42 Å². The third-order valence-electron chi connectivity index (χ3n) is 2.04. The lowest BCUT2D eigenvalue weighted by Crippen LogP contribution is -2.17. The van der Waals surface area contributed by atoms with E-state index < -0.39 is 6.49 Å². The summed E-state index contributed by atoms with van der Waals surface area (Å²) in [7, 11) is 0. The van der Waals surface area contributed by atoms with Gasteiger partial charge in [0.2, 0.25) is 6.49 Å². The van der Waals surface area contributed by atoms with Crippen molar-refractivity contribution in [1.82, 2.24) is 4.67 Å². The van der Waals surface area contributed by atoms with Crippen molar-refractivity contribution in [2.45, 2.75) is 20.3 Å². The van der Waals surface area contributed by atoms with Crippen molar-refractivity contribution in [2.24, 2.45) is 0 Å². The van der Waals surface area contributed by atoms with Crippen LogP contribution in [-0.2, 0) is 4.57 Å². The summed E-state index contributed by atoms with van der Waals surface area (Å²) in [5.41, 5.74) is 0. The van der Waals surface area contributed by atoms with Crippen LogP contribution >= 0.6 is 17.9 Å². The van der Waals surface area contributed by atoms with E-state index in [9.17, 15) is 4.57 Å². The lowest BCUT2D eigenvalue weighted by Gasteiger charge is -2.24. The van der Waals surface area contributed by atoms with Gasteiger partial charge in [-0.25, -0.2) is 4.67 Å². The monoisotopic (exact) mass is 193 g/mol. The molecule has 1 aliphatic rings. The minimum atomic E-state index is -1.93. The molecule has 0 aromatic carbocycles. The van der Waals surface area contributed by atoms with Gasteiger partial charge in [-0.15, -0.1) is 0 Å². The zero-order valence-corrected chi connectivity index (χ0v) is 8.96. The van der Waals surface area contributed by atoms with Gasteiger partial charge in [0.1, 0.15) is 0 Å². The smallest absolute Gasteiger partial charge is 0.203 e. The van der Waals surface area contributed by atoms with Gasteiger partial charge in [-0.1, -0.05) is 25.2 Å². The summed E-state index contributed by atoms with van der Waals surface area (Å²) in [6, 6.07) is 0. The Kier molecular flexibility index (Phi) is 3.48. The molecule has 0 aliphatic carbocycles. The molecular weight excluding hydrogens is 177 g/mol. The molecule has 4 heteroatoms. The fourth-order valence-electron chi connectivity index (χ4n) is 1.41. The van der Waals surface area contributed by atoms with Crippen LogP contribution in [0.15, 0.2) is 0 Å². The molecule has 1 saturated heterocycles. The Labute approximate surface area is 72.9 Å². The number of hydrogen-bond donors (Lipinski definition) is 0. The molecule has 66 valence electrons. The SMILES string of the molecule is CCN(CC)P1(=O)CCCS1. The largest absolute Gasteiger partial charge is 0.295 e. The zero-order valence-electron chi connectivity index (χ0n) is 7.25. The second-order valence-electron chi connectivity index (χ2n) is 2.69. The zero-order chi connectivity index (χ0) is 8.32. The van der Waals surface area contributed by atoms with Crippen LogP contribution in [0, 0.1) is 0 Å². The van der Waals surface area contributed by atoms with Crippen molar-refractivity contribution in [3.05, 3.63) is 0 Å². The lowest BCUT2D eigenvalue weighted by atomic mass is 10.6. The van der Waals surface area contributed by atoms with Crippen molar-refractivity contribution < 1.29 is 4.57 Å². The molecular formula is C7H16NOPS. The fraction of sp³-hybridized carbons (Fsp3) is 1.00. The van der Waals surface area contributed by atoms with E-state index in [0.29, 0.717) is 0 Å². The average molecular weight is 193 g/mol. The van der Waals surface area contributed by atoms with Gasteiger partial charge in [0.05, 0.1) is 0 Å². The summed E-state index contributed by atoms with van der Waals surface area (Å²) in [6.07, 6.45) is 2.07. The maximum atomic E-state index is 12.1. The van der Waals surface area contributed by atoms with E-state index in [-0.39, 0.29) is 0 Å². The summed E-state index contributed by atoms with van der Waals surface area (Å²) in [6.45, 7) is 4.10. The van der Waals surface area contributed by atoms with Crippen LogP contribution in [0.25, 0.3) is 0 Å². The van der Waals surface area contributed by atoms with Crippen LogP contribution in [0.3, 0.4) is 0 Å². The summed E-state index contributed by atoms with van der Waals surface area (Å²) in [4.78, 5) is 0. The van der Waals surface area contributed by atoms with Gasteiger partial charge in [0.25, 0.3) is 0 Å². The Bertz CT molecular complexity index is 160. The van der Waals surface area contributed by atoms with E-state index in [1.807, 2.05) is 0 Å². The summed E-state index contributed by atoms with van der Waals surface area (Å²) in [5.74, 6) is 1.09. The number of nitrogens with zero attached hydrogens (tertiary/aromatic N) is 1. The molecule has 0 N–H and O–H groups in total. The van der Waals surface area contributed by atoms with Gasteiger partial charge in [-0.3, -0.25) is 4.57 Å². The molecule has 1 aliphatic heterocycles. The number of rotatable bonds is 3. The van der Waals surface area contributed by atoms with E-state index in [1.165, 1.54) is 0 Å². The third kappa shape index (κ3) is 2.01. The topological polar surface area (TPSA) is 20.3 Å². The van der Waals surface area contributed by atoms with E-state index in [2.05, 4.69) is 18.5 Å². The standard InChI is InChI=1S/C7H16NOPS/c1-3-8(4-2)10(9)6-5-7-11-10/h3-7H2,1-2H3. The Morgan fingerprint density at radius 2 is 2.09 bits per heavy atom. The highest BCUT2D eigenvalue weighted by molar-refractivity contribution is 8.57. The molecule has 1 fully saturated rings. The molecule has 0 amide bonds. The Morgan fingerprint density at radius 1 is 1.45 bits per heavy atom. The molecule has 0 spiro atoms. The van der Waals surface area contributed by atoms with Crippen LogP contribution in [0.2, 0.25) is 0 Å². The first-order chi connectivity index (χ1) is 5.23. The first kappa shape index (κ1) is 9.63. The quantitative estimate of drug-likeness (QED) is 0.643. The molecule has 1 rings (SSSR count). The van der Waals surface area contributed by atoms with Gasteiger partial charge < -0.3 is 0 Å². The maximum Gasteiger partial charge on any atom is 0.203 e. The van der Waals surface area contributed by atoms with Crippen LogP contribution in [-0.4, -0.2) is 29.7 Å². The van der Waals surface area contributed by atoms with Crippen LogP contribution in [0.4, 0.5) is 0 Å². The first-order valence-corrected chi connectivity index (χ1v) is 7.65. The molecule has 1 unspecified atom stereocenters. The molecule has 1 heterocycles. The highest BCUT2D eigenvalue weighted by Gasteiger charge is 2.32. The summed E-state index contributed by atoms with van der Waals surface area (Å²) < 4.78 is 14.2. The van der Waals surface area contributed by atoms with E-state index in [0.717, 1.165) is 31.4 Å². The maximum absolute atomic E-state index is 12.1. The van der Waals surface area contributed by atoms with E-state index in [4.69, 9.17) is 0 Å². The highest BCUT2D eigenvalue weighted by atomic mass is 32.7. The average Bonchev–Trinajstić information content (AvgIpc) is 2.39. The lowest BCUT2D eigenvalue weighted by molar-refractivity contribution is 0.456. The van der Waals surface area contributed by atoms with Crippen molar-refractivity contribution >= 4 is 17.9 Å². The van der Waals surface area contributed by atoms with Crippen molar-refractivity contribution in [3.63, 3.8) is 0 Å². The van der Waals surface area contributed by atoms with Crippen molar-refractivity contribution in [2.75, 3.05) is 25.0 Å². The first-order valence-electron chi connectivity index (χ1n) is 4.22. The fourth-order valence-corrected chi connectivity index (χ4v) is 7.38. The minimum absolute atomic E-state index is 0.930. The van der Waals surface area contributed by atoms with Crippen molar-refractivity contribution in [3.8, 4) is 0 Å². The summed E-state index contributed by atoms with van der Waals surface area (Å²) in [5, 5.41) is 0. The molecule has 0 bridgehead atoms. The number of hydrogen-bond acceptors (Lipinski definition) is 2. The Hall–Kier alpha value is 0.540. The second kappa shape index (κ2) is 3.97. The third-order valence-corrected chi connectivity index (χ3v) is 8.22. The molecule has 0 saturated carbocycles. The van der Waals surface area contributed by atoms with Gasteiger partial charge in [0, 0.05) is 25.0 Å². The highest BCUT2D eigenvalue weighted by Crippen LogP contribution is 2.65. The molecule has 0 radical (unpaired) electrons. The van der Waals surface area contributed by atoms with Crippen molar-refractivity contribution in [1.29, 1.82) is 0 Å². The summed E-state index contributed by atoms with van der Waals surface area (Å²) >= 11 is 1.68. The van der Waals surface area contributed by atoms with Crippen LogP contribution in [0.5, 0.6) is 0 Å². The molecule has 0 aromatic rings. The van der Waals surface area contributed by atoms with Gasteiger partial charge in [-0.2, -0.15) is 0 Å². The van der Waals surface area contributed by atoms with E-state index >= 15 is 0 Å². The van der Waals surface area contributed by atoms with Crippen LogP contribution in [0.1, 0.15) is 20.3 Å². The molecule has 1 atom stereocenters. The van der Waals surface area contributed by atoms with Crippen LogP contribution < -0.4 is 0 Å². The normalized spacial score (nSPS) is 31.5. The minimum Gasteiger partial charge on any atom is -0.295 e. The van der Waals surface area contributed by atoms with Gasteiger partial charge >= 0.3 is 0 Å². The Balaban J connectivity index is 2.61. The Morgan fingerprint density at radius 3 is 2.45 bits per heavy atom. The molecule has 11 heavy (non-hydrogen) atoms. The molecule has 0 aromatic heterocycles. The van der Waals surface area contributed by atoms with Gasteiger partial charge in [0.15, 0.2) is 0 Å². The van der Waals surface area contributed by atoms with E-state index in [1.54, 1.807) is 11.4 Å². The second-order valence-corrected chi connectivity index (χ2v) is 8.13. The predicted molar refractivity (Wildman–Crippen MR) is 52.5 cm³/mol. The molecule has 2 nitrogen and oxygen atoms in total.